The lowest BCUT2D eigenvalue weighted by molar-refractivity contribution is 0.575. The van der Waals surface area contributed by atoms with Crippen molar-refractivity contribution in [3.63, 3.8) is 0 Å². The molecule has 1 N–H and O–H groups in total. The Kier molecular flexibility index (Phi) is 4.57. The molecule has 2 aromatic carbocycles. The lowest BCUT2D eigenvalue weighted by Gasteiger charge is -2.14. The first-order valence-corrected chi connectivity index (χ1v) is 6.55. The SMILES string of the molecule is CC(NCc1cccc(Cl)c1)c1ccc(C#N)cc1. The highest BCUT2D eigenvalue weighted by molar-refractivity contribution is 6.30. The van der Waals surface area contributed by atoms with Gasteiger partial charge in [-0.2, -0.15) is 5.26 Å². The van der Waals surface area contributed by atoms with Crippen molar-refractivity contribution in [1.82, 2.24) is 5.32 Å². The minimum Gasteiger partial charge on any atom is -0.306 e. The molecule has 0 aromatic heterocycles. The minimum atomic E-state index is 0.228. The molecule has 0 spiro atoms. The molecule has 2 nitrogen and oxygen atoms in total. The minimum absolute atomic E-state index is 0.228. The van der Waals surface area contributed by atoms with Gasteiger partial charge in [0.25, 0.3) is 0 Å². The van der Waals surface area contributed by atoms with Gasteiger partial charge in [-0.25, -0.2) is 0 Å². The Hall–Kier alpha value is -1.82. The van der Waals surface area contributed by atoms with Gasteiger partial charge in [0.15, 0.2) is 0 Å². The van der Waals surface area contributed by atoms with Crippen molar-refractivity contribution >= 4 is 11.6 Å². The Labute approximate surface area is 118 Å². The summed E-state index contributed by atoms with van der Waals surface area (Å²) in [6.45, 7) is 2.87. The van der Waals surface area contributed by atoms with E-state index >= 15 is 0 Å². The normalized spacial score (nSPS) is 11.8. The smallest absolute Gasteiger partial charge is 0.0991 e. The van der Waals surface area contributed by atoms with Crippen LogP contribution in [0.2, 0.25) is 5.02 Å². The molecule has 0 amide bonds. The predicted octanol–water partition coefficient (Wildman–Crippen LogP) is 4.06. The van der Waals surface area contributed by atoms with Crippen molar-refractivity contribution in [3.8, 4) is 6.07 Å². The second-order valence-electron chi connectivity index (χ2n) is 4.47. The van der Waals surface area contributed by atoms with Crippen molar-refractivity contribution < 1.29 is 0 Å². The molecule has 3 heteroatoms. The van der Waals surface area contributed by atoms with Crippen LogP contribution in [0.25, 0.3) is 0 Å². The number of nitriles is 1. The van der Waals surface area contributed by atoms with Crippen LogP contribution in [0.15, 0.2) is 48.5 Å². The quantitative estimate of drug-likeness (QED) is 0.909. The van der Waals surface area contributed by atoms with Crippen molar-refractivity contribution in [1.29, 1.82) is 5.26 Å². The van der Waals surface area contributed by atoms with Crippen LogP contribution in [0.4, 0.5) is 0 Å². The second kappa shape index (κ2) is 6.38. The van der Waals surface area contributed by atoms with E-state index in [-0.39, 0.29) is 6.04 Å². The van der Waals surface area contributed by atoms with Gasteiger partial charge >= 0.3 is 0 Å². The molecule has 0 radical (unpaired) electrons. The van der Waals surface area contributed by atoms with E-state index in [1.807, 2.05) is 48.5 Å². The van der Waals surface area contributed by atoms with Crippen molar-refractivity contribution in [3.05, 3.63) is 70.2 Å². The van der Waals surface area contributed by atoms with Crippen LogP contribution in [0.1, 0.15) is 29.7 Å². The molecule has 1 unspecified atom stereocenters. The number of nitrogens with zero attached hydrogens (tertiary/aromatic N) is 1. The highest BCUT2D eigenvalue weighted by Gasteiger charge is 2.05. The number of rotatable bonds is 4. The van der Waals surface area contributed by atoms with E-state index in [1.54, 1.807) is 0 Å². The zero-order chi connectivity index (χ0) is 13.7. The highest BCUT2D eigenvalue weighted by Crippen LogP contribution is 2.15. The molecule has 2 aromatic rings. The maximum atomic E-state index is 8.77. The van der Waals surface area contributed by atoms with Crippen LogP contribution in [0.3, 0.4) is 0 Å². The van der Waals surface area contributed by atoms with Crippen molar-refractivity contribution in [2.45, 2.75) is 19.5 Å². The predicted molar refractivity (Wildman–Crippen MR) is 77.9 cm³/mol. The topological polar surface area (TPSA) is 35.8 Å². The molecule has 96 valence electrons. The van der Waals surface area contributed by atoms with Crippen LogP contribution in [0, 0.1) is 11.3 Å². The third kappa shape index (κ3) is 3.82. The maximum absolute atomic E-state index is 8.77. The van der Waals surface area contributed by atoms with E-state index < -0.39 is 0 Å². The van der Waals surface area contributed by atoms with E-state index in [0.29, 0.717) is 5.56 Å². The molecule has 0 aliphatic carbocycles. The molecule has 0 bridgehead atoms. The van der Waals surface area contributed by atoms with Gasteiger partial charge in [0.05, 0.1) is 11.6 Å². The van der Waals surface area contributed by atoms with Gasteiger partial charge in [0.2, 0.25) is 0 Å². The zero-order valence-electron chi connectivity index (χ0n) is 10.7. The summed E-state index contributed by atoms with van der Waals surface area (Å²) in [5, 5.41) is 13.0. The zero-order valence-corrected chi connectivity index (χ0v) is 11.5. The average Bonchev–Trinajstić information content (AvgIpc) is 2.45. The monoisotopic (exact) mass is 270 g/mol. The van der Waals surface area contributed by atoms with Gasteiger partial charge in [-0.05, 0) is 42.3 Å². The van der Waals surface area contributed by atoms with Crippen molar-refractivity contribution in [2.24, 2.45) is 0 Å². The van der Waals surface area contributed by atoms with Gasteiger partial charge in [-0.15, -0.1) is 0 Å². The summed E-state index contributed by atoms with van der Waals surface area (Å²) < 4.78 is 0. The van der Waals surface area contributed by atoms with Gasteiger partial charge < -0.3 is 5.32 Å². The molecule has 0 saturated carbocycles. The molecule has 2 rings (SSSR count). The fourth-order valence-corrected chi connectivity index (χ4v) is 2.09. The van der Waals surface area contributed by atoms with Crippen LogP contribution in [-0.4, -0.2) is 0 Å². The van der Waals surface area contributed by atoms with Crippen LogP contribution >= 0.6 is 11.6 Å². The fraction of sp³-hybridized carbons (Fsp3) is 0.188. The Morgan fingerprint density at radius 3 is 2.58 bits per heavy atom. The molecule has 0 aliphatic rings. The molecular formula is C16H15ClN2. The van der Waals surface area contributed by atoms with E-state index in [1.165, 1.54) is 5.56 Å². The fourth-order valence-electron chi connectivity index (χ4n) is 1.88. The van der Waals surface area contributed by atoms with E-state index in [0.717, 1.165) is 17.1 Å². The Balaban J connectivity index is 1.97. The summed E-state index contributed by atoms with van der Waals surface area (Å²) >= 11 is 5.95. The van der Waals surface area contributed by atoms with Crippen LogP contribution < -0.4 is 5.32 Å². The van der Waals surface area contributed by atoms with Gasteiger partial charge in [0, 0.05) is 17.6 Å². The first-order valence-electron chi connectivity index (χ1n) is 6.17. The van der Waals surface area contributed by atoms with E-state index in [9.17, 15) is 0 Å². The number of benzene rings is 2. The summed E-state index contributed by atoms with van der Waals surface area (Å²) in [4.78, 5) is 0. The van der Waals surface area contributed by atoms with Crippen LogP contribution in [-0.2, 0) is 6.54 Å². The highest BCUT2D eigenvalue weighted by atomic mass is 35.5. The summed E-state index contributed by atoms with van der Waals surface area (Å²) in [6.07, 6.45) is 0. The second-order valence-corrected chi connectivity index (χ2v) is 4.90. The van der Waals surface area contributed by atoms with E-state index in [2.05, 4.69) is 18.3 Å². The Morgan fingerprint density at radius 1 is 1.21 bits per heavy atom. The molecule has 1 atom stereocenters. The Bertz CT molecular complexity index is 584. The Morgan fingerprint density at radius 2 is 1.95 bits per heavy atom. The number of hydrogen-bond acceptors (Lipinski definition) is 2. The molecule has 0 heterocycles. The molecule has 0 saturated heterocycles. The van der Waals surface area contributed by atoms with Gasteiger partial charge in [-0.3, -0.25) is 0 Å². The third-order valence-corrected chi connectivity index (χ3v) is 3.28. The van der Waals surface area contributed by atoms with Gasteiger partial charge in [0.1, 0.15) is 0 Å². The molecule has 0 fully saturated rings. The lowest BCUT2D eigenvalue weighted by Crippen LogP contribution is -2.17. The van der Waals surface area contributed by atoms with E-state index in [4.69, 9.17) is 16.9 Å². The lowest BCUT2D eigenvalue weighted by atomic mass is 10.1. The summed E-state index contributed by atoms with van der Waals surface area (Å²) in [6, 6.07) is 17.8. The molecule has 0 aliphatic heterocycles. The molecule has 19 heavy (non-hydrogen) atoms. The number of hydrogen-bond donors (Lipinski definition) is 1. The largest absolute Gasteiger partial charge is 0.306 e. The number of nitrogens with one attached hydrogen (secondary N) is 1. The van der Waals surface area contributed by atoms with Crippen molar-refractivity contribution in [2.75, 3.05) is 0 Å². The standard InChI is InChI=1S/C16H15ClN2/c1-12(15-7-5-13(10-18)6-8-15)19-11-14-3-2-4-16(17)9-14/h2-9,12,19H,11H2,1H3. The summed E-state index contributed by atoms with van der Waals surface area (Å²) in [7, 11) is 0. The first kappa shape index (κ1) is 13.6. The number of halogens is 1. The maximum Gasteiger partial charge on any atom is 0.0991 e. The van der Waals surface area contributed by atoms with Gasteiger partial charge in [-0.1, -0.05) is 35.9 Å². The first-order chi connectivity index (χ1) is 9.19. The third-order valence-electron chi connectivity index (χ3n) is 3.04. The average molecular weight is 271 g/mol. The van der Waals surface area contributed by atoms with Crippen LogP contribution in [0.5, 0.6) is 0 Å². The summed E-state index contributed by atoms with van der Waals surface area (Å²) in [5.74, 6) is 0. The molecular weight excluding hydrogens is 256 g/mol. The summed E-state index contributed by atoms with van der Waals surface area (Å²) in [5.41, 5.74) is 3.01.